The number of anilines is 1. The second-order valence-electron chi connectivity index (χ2n) is 3.59. The summed E-state index contributed by atoms with van der Waals surface area (Å²) in [4.78, 5) is 0.208. The number of nitrogens with zero attached hydrogens (tertiary/aromatic N) is 1. The van der Waals surface area contributed by atoms with E-state index in [1.165, 1.54) is 23.5 Å². The summed E-state index contributed by atoms with van der Waals surface area (Å²) < 4.78 is 25.2. The largest absolute Gasteiger partial charge is 0.398 e. The first-order chi connectivity index (χ1) is 7.39. The Labute approximate surface area is 96.4 Å². The van der Waals surface area contributed by atoms with Gasteiger partial charge < -0.3 is 5.73 Å². The fourth-order valence-electron chi connectivity index (χ4n) is 1.24. The number of likely N-dealkylation sites (N-methyl/N-ethyl adjacent to an activating group) is 1. The maximum Gasteiger partial charge on any atom is 0.243 e. The Morgan fingerprint density at radius 1 is 1.50 bits per heavy atom. The third-order valence-corrected chi connectivity index (χ3v) is 4.16. The van der Waals surface area contributed by atoms with Crippen molar-refractivity contribution in [1.29, 1.82) is 0 Å². The van der Waals surface area contributed by atoms with Crippen LogP contribution in [0.2, 0.25) is 0 Å². The lowest BCUT2D eigenvalue weighted by Crippen LogP contribution is -2.27. The van der Waals surface area contributed by atoms with E-state index in [-0.39, 0.29) is 11.4 Å². The van der Waals surface area contributed by atoms with Crippen molar-refractivity contribution in [3.05, 3.63) is 36.4 Å². The topological polar surface area (TPSA) is 63.4 Å². The third kappa shape index (κ3) is 2.43. The first-order valence-electron chi connectivity index (χ1n) is 4.83. The average Bonchev–Trinajstić information content (AvgIpc) is 2.22. The van der Waals surface area contributed by atoms with Crippen molar-refractivity contribution in [1.82, 2.24) is 4.31 Å². The number of sulfonamides is 1. The maximum atomic E-state index is 12.0. The summed E-state index contributed by atoms with van der Waals surface area (Å²) in [7, 11) is -1.95. The second kappa shape index (κ2) is 4.67. The number of nitrogens with two attached hydrogens (primary N) is 1. The van der Waals surface area contributed by atoms with Gasteiger partial charge in [0.1, 0.15) is 0 Å². The standard InChI is InChI=1S/C11H16N2O2S/c1-4-7-13(3)16(14,15)10-6-5-9(2)11(12)8-10/h4-6,8H,1,7,12H2,2-3H3. The van der Waals surface area contributed by atoms with E-state index in [1.807, 2.05) is 6.92 Å². The van der Waals surface area contributed by atoms with Crippen LogP contribution < -0.4 is 5.73 Å². The smallest absolute Gasteiger partial charge is 0.243 e. The summed E-state index contributed by atoms with van der Waals surface area (Å²) in [5, 5.41) is 0. The van der Waals surface area contributed by atoms with Gasteiger partial charge in [0.05, 0.1) is 4.90 Å². The van der Waals surface area contributed by atoms with Crippen molar-refractivity contribution in [2.75, 3.05) is 19.3 Å². The summed E-state index contributed by atoms with van der Waals surface area (Å²) in [6.45, 7) is 5.62. The van der Waals surface area contributed by atoms with Gasteiger partial charge >= 0.3 is 0 Å². The molecule has 0 aliphatic carbocycles. The quantitative estimate of drug-likeness (QED) is 0.639. The van der Waals surface area contributed by atoms with Crippen LogP contribution in [0.15, 0.2) is 35.7 Å². The minimum atomic E-state index is -3.46. The first-order valence-corrected chi connectivity index (χ1v) is 6.27. The number of nitrogen functional groups attached to an aromatic ring is 1. The molecule has 2 N–H and O–H groups in total. The monoisotopic (exact) mass is 240 g/mol. The van der Waals surface area contributed by atoms with E-state index in [0.29, 0.717) is 5.69 Å². The van der Waals surface area contributed by atoms with Crippen molar-refractivity contribution >= 4 is 15.7 Å². The lowest BCUT2D eigenvalue weighted by molar-refractivity contribution is 0.499. The lowest BCUT2D eigenvalue weighted by atomic mass is 10.2. The van der Waals surface area contributed by atoms with E-state index in [0.717, 1.165) is 5.56 Å². The zero-order chi connectivity index (χ0) is 12.3. The van der Waals surface area contributed by atoms with Gasteiger partial charge in [0.25, 0.3) is 0 Å². The van der Waals surface area contributed by atoms with E-state index in [1.54, 1.807) is 12.1 Å². The SMILES string of the molecule is C=CCN(C)S(=O)(=O)c1ccc(C)c(N)c1. The van der Waals surface area contributed by atoms with Gasteiger partial charge in [-0.05, 0) is 24.6 Å². The van der Waals surface area contributed by atoms with Crippen LogP contribution in [0.4, 0.5) is 5.69 Å². The highest BCUT2D eigenvalue weighted by Crippen LogP contribution is 2.19. The molecule has 0 bridgehead atoms. The Hall–Kier alpha value is -1.33. The summed E-state index contributed by atoms with van der Waals surface area (Å²) >= 11 is 0. The fraction of sp³-hybridized carbons (Fsp3) is 0.273. The van der Waals surface area contributed by atoms with Crippen molar-refractivity contribution in [3.8, 4) is 0 Å². The molecule has 4 nitrogen and oxygen atoms in total. The molecular weight excluding hydrogens is 224 g/mol. The van der Waals surface area contributed by atoms with Crippen LogP contribution >= 0.6 is 0 Å². The van der Waals surface area contributed by atoms with Gasteiger partial charge in [-0.1, -0.05) is 12.1 Å². The molecule has 0 aliphatic heterocycles. The number of aryl methyl sites for hydroxylation is 1. The Morgan fingerprint density at radius 3 is 2.62 bits per heavy atom. The molecule has 1 aromatic rings. The summed E-state index contributed by atoms with van der Waals surface area (Å²) in [5.74, 6) is 0. The van der Waals surface area contributed by atoms with Gasteiger partial charge in [0.15, 0.2) is 0 Å². The summed E-state index contributed by atoms with van der Waals surface area (Å²) in [6, 6.07) is 4.73. The summed E-state index contributed by atoms with van der Waals surface area (Å²) in [5.41, 5.74) is 7.03. The fourth-order valence-corrected chi connectivity index (χ4v) is 2.42. The van der Waals surface area contributed by atoms with Gasteiger partial charge in [0, 0.05) is 19.3 Å². The van der Waals surface area contributed by atoms with E-state index in [4.69, 9.17) is 5.73 Å². The minimum absolute atomic E-state index is 0.208. The molecule has 0 heterocycles. The molecule has 0 fully saturated rings. The van der Waals surface area contributed by atoms with Crippen molar-refractivity contribution in [2.24, 2.45) is 0 Å². The molecular formula is C11H16N2O2S. The Bertz CT molecular complexity index is 495. The third-order valence-electron chi connectivity index (χ3n) is 2.35. The molecule has 88 valence electrons. The molecule has 0 saturated carbocycles. The molecule has 1 aromatic carbocycles. The van der Waals surface area contributed by atoms with Gasteiger partial charge in [-0.2, -0.15) is 4.31 Å². The highest BCUT2D eigenvalue weighted by molar-refractivity contribution is 7.89. The molecule has 0 aromatic heterocycles. The van der Waals surface area contributed by atoms with E-state index in [9.17, 15) is 8.42 Å². The highest BCUT2D eigenvalue weighted by atomic mass is 32.2. The van der Waals surface area contributed by atoms with E-state index in [2.05, 4.69) is 6.58 Å². The van der Waals surface area contributed by atoms with E-state index < -0.39 is 10.0 Å². The van der Waals surface area contributed by atoms with Crippen molar-refractivity contribution < 1.29 is 8.42 Å². The average molecular weight is 240 g/mol. The van der Waals surface area contributed by atoms with Gasteiger partial charge in [-0.25, -0.2) is 8.42 Å². The number of hydrogen-bond acceptors (Lipinski definition) is 3. The predicted molar refractivity (Wildman–Crippen MR) is 65.6 cm³/mol. The molecule has 5 heteroatoms. The van der Waals surface area contributed by atoms with E-state index >= 15 is 0 Å². The summed E-state index contributed by atoms with van der Waals surface area (Å²) in [6.07, 6.45) is 1.54. The van der Waals surface area contributed by atoms with Crippen LogP contribution in [-0.4, -0.2) is 26.3 Å². The minimum Gasteiger partial charge on any atom is -0.398 e. The zero-order valence-corrected chi connectivity index (χ0v) is 10.3. The van der Waals surface area contributed by atoms with Gasteiger partial charge in [0.2, 0.25) is 10.0 Å². The Kier molecular flexibility index (Phi) is 3.72. The molecule has 0 spiro atoms. The lowest BCUT2D eigenvalue weighted by Gasteiger charge is -2.15. The molecule has 0 unspecified atom stereocenters. The zero-order valence-electron chi connectivity index (χ0n) is 9.47. The predicted octanol–water partition coefficient (Wildman–Crippen LogP) is 1.38. The van der Waals surface area contributed by atoms with Gasteiger partial charge in [-0.3, -0.25) is 0 Å². The molecule has 16 heavy (non-hydrogen) atoms. The number of benzene rings is 1. The van der Waals surface area contributed by atoms with Crippen LogP contribution in [0.5, 0.6) is 0 Å². The molecule has 0 aliphatic rings. The van der Waals surface area contributed by atoms with Gasteiger partial charge in [-0.15, -0.1) is 6.58 Å². The molecule has 1 rings (SSSR count). The van der Waals surface area contributed by atoms with Crippen molar-refractivity contribution in [2.45, 2.75) is 11.8 Å². The number of rotatable bonds is 4. The maximum absolute atomic E-state index is 12.0. The van der Waals surface area contributed by atoms with Crippen LogP contribution in [0.3, 0.4) is 0 Å². The molecule has 0 atom stereocenters. The van der Waals surface area contributed by atoms with Crippen LogP contribution in [0.25, 0.3) is 0 Å². The van der Waals surface area contributed by atoms with Crippen LogP contribution in [-0.2, 0) is 10.0 Å². The molecule has 0 radical (unpaired) electrons. The van der Waals surface area contributed by atoms with Crippen molar-refractivity contribution in [3.63, 3.8) is 0 Å². The molecule has 0 saturated heterocycles. The first kappa shape index (κ1) is 12.7. The number of hydrogen-bond donors (Lipinski definition) is 1. The highest BCUT2D eigenvalue weighted by Gasteiger charge is 2.19. The van der Waals surface area contributed by atoms with Crippen LogP contribution in [0, 0.1) is 6.92 Å². The molecule has 0 amide bonds. The normalized spacial score (nSPS) is 11.7. The second-order valence-corrected chi connectivity index (χ2v) is 5.64. The van der Waals surface area contributed by atoms with Crippen LogP contribution in [0.1, 0.15) is 5.56 Å². The Morgan fingerprint density at radius 2 is 2.12 bits per heavy atom. The Balaban J connectivity index is 3.17.